The van der Waals surface area contributed by atoms with Gasteiger partial charge in [0.1, 0.15) is 0 Å². The van der Waals surface area contributed by atoms with Crippen molar-refractivity contribution in [3.05, 3.63) is 312 Å². The molecule has 12 aromatic rings. The predicted molar refractivity (Wildman–Crippen MR) is 403 cm³/mol. The summed E-state index contributed by atoms with van der Waals surface area (Å²) in [5.74, 6) is 1.08. The van der Waals surface area contributed by atoms with E-state index in [2.05, 4.69) is 317 Å². The van der Waals surface area contributed by atoms with Crippen molar-refractivity contribution in [1.29, 1.82) is 0 Å². The van der Waals surface area contributed by atoms with E-state index in [1.54, 1.807) is 0 Å². The molecule has 2 heteroatoms. The molecule has 0 spiro atoms. The monoisotopic (exact) mass is 1220 g/mol. The molecule has 2 nitrogen and oxygen atoms in total. The highest BCUT2D eigenvalue weighted by Crippen LogP contribution is 2.48. The molecule has 0 N–H and O–H groups in total. The smallest absolute Gasteiger partial charge is 0.0464 e. The van der Waals surface area contributed by atoms with Crippen LogP contribution in [0.1, 0.15) is 137 Å². The number of nitrogens with zero attached hydrogens (tertiary/aromatic N) is 2. The van der Waals surface area contributed by atoms with Crippen molar-refractivity contribution in [3.8, 4) is 77.9 Å². The summed E-state index contributed by atoms with van der Waals surface area (Å²) in [7, 11) is 0. The fraction of sp³-hybridized carbons (Fsp3) is 0.217. The lowest BCUT2D eigenvalue weighted by Crippen LogP contribution is -2.14. The first-order valence-corrected chi connectivity index (χ1v) is 35.3. The number of hydrogen-bond acceptors (Lipinski definition) is 2. The summed E-state index contributed by atoms with van der Waals surface area (Å²) in [6.45, 7) is 9.16. The van der Waals surface area contributed by atoms with Crippen molar-refractivity contribution >= 4 is 34.1 Å². The third-order valence-corrected chi connectivity index (χ3v) is 20.7. The summed E-state index contributed by atoms with van der Waals surface area (Å²) in [4.78, 5) is 5.06. The van der Waals surface area contributed by atoms with Crippen LogP contribution in [-0.2, 0) is 25.7 Å². The summed E-state index contributed by atoms with van der Waals surface area (Å²) < 4.78 is 0. The molecule has 94 heavy (non-hydrogen) atoms. The van der Waals surface area contributed by atoms with Crippen molar-refractivity contribution in [2.24, 2.45) is 0 Å². The van der Waals surface area contributed by atoms with E-state index in [-0.39, 0.29) is 0 Å². The van der Waals surface area contributed by atoms with E-state index in [0.717, 1.165) is 31.4 Å². The molecule has 12 aromatic carbocycles. The predicted octanol–water partition coefficient (Wildman–Crippen LogP) is 26.6. The molecule has 0 aliphatic heterocycles. The minimum absolute atomic E-state index is 0.539. The molecular weight excluding hydrogens is 1130 g/mol. The molecule has 0 amide bonds. The maximum Gasteiger partial charge on any atom is 0.0464 e. The molecule has 2 aliphatic carbocycles. The van der Waals surface area contributed by atoms with Gasteiger partial charge in [0, 0.05) is 34.1 Å². The van der Waals surface area contributed by atoms with Gasteiger partial charge >= 0.3 is 0 Å². The molecule has 0 heterocycles. The van der Waals surface area contributed by atoms with Gasteiger partial charge in [-0.15, -0.1) is 0 Å². The molecule has 0 aromatic heterocycles. The molecular formula is C92H88N2. The maximum absolute atomic E-state index is 2.59. The second-order valence-corrected chi connectivity index (χ2v) is 26.3. The van der Waals surface area contributed by atoms with Crippen LogP contribution < -0.4 is 9.80 Å². The van der Waals surface area contributed by atoms with Crippen LogP contribution in [0.5, 0.6) is 0 Å². The van der Waals surface area contributed by atoms with Gasteiger partial charge in [0.2, 0.25) is 0 Å². The Labute approximate surface area is 560 Å². The minimum Gasteiger partial charge on any atom is -0.310 e. The first kappa shape index (κ1) is 61.7. The van der Waals surface area contributed by atoms with E-state index in [1.807, 2.05) is 0 Å². The SMILES string of the molecule is CCc1cc(N(c2ccc(-c3ccccc3)c(CC)c2)c2ccc(-c3ccc(-c4ccc(-c5ccc(N(c6ccc(-c7ccccc7)c(C7CCCCC7)c6)c6ccc(-c7ccccc7)c(C7CCCCC7)c6)cc5CC)cc4)cc3)c(CC)c2)ccc1-c1ccccc1. The summed E-state index contributed by atoms with van der Waals surface area (Å²) in [5.41, 5.74) is 33.4. The van der Waals surface area contributed by atoms with Crippen LogP contribution in [0.15, 0.2) is 279 Å². The van der Waals surface area contributed by atoms with E-state index in [1.165, 1.54) is 204 Å². The quantitative estimate of drug-likeness (QED) is 0.0796. The van der Waals surface area contributed by atoms with Crippen LogP contribution >= 0.6 is 0 Å². The fourth-order valence-corrected chi connectivity index (χ4v) is 15.6. The minimum atomic E-state index is 0.539. The number of rotatable bonds is 19. The second kappa shape index (κ2) is 28.6. The van der Waals surface area contributed by atoms with Gasteiger partial charge < -0.3 is 9.80 Å². The number of aryl methyl sites for hydroxylation is 4. The average molecular weight is 1220 g/mol. The Morgan fingerprint density at radius 1 is 0.223 bits per heavy atom. The van der Waals surface area contributed by atoms with Gasteiger partial charge in [-0.25, -0.2) is 0 Å². The fourth-order valence-electron chi connectivity index (χ4n) is 15.6. The molecule has 14 rings (SSSR count). The van der Waals surface area contributed by atoms with Gasteiger partial charge in [0.25, 0.3) is 0 Å². The first-order chi connectivity index (χ1) is 46.4. The molecule has 0 radical (unpaired) electrons. The largest absolute Gasteiger partial charge is 0.310 e. The number of anilines is 6. The lowest BCUT2D eigenvalue weighted by molar-refractivity contribution is 0.444. The van der Waals surface area contributed by atoms with E-state index in [0.29, 0.717) is 11.8 Å². The number of benzene rings is 12. The van der Waals surface area contributed by atoms with Crippen molar-refractivity contribution in [1.82, 2.24) is 0 Å². The standard InChI is InChI=1S/C92H88N2/c1-5-65-59-79(47-53-85(65)71-27-15-9-16-28-71)93(80-48-54-86(66(6-2)60-80)72-29-17-10-18-30-72)81-49-55-87(67(7-3)61-81)77-43-39-69(40-44-77)70-41-45-78(46-42-70)88-56-50-82(62-68(88)8-4)94(83-51-57-89(73-31-19-11-20-32-73)91(63-83)75-35-23-13-24-36-75)84-52-58-90(74-33-21-12-22-34-74)92(64-84)76-37-25-14-26-38-76/h9-12,15-22,27-34,39-64,75-76H,5-8,13-14,23-26,35-38H2,1-4H3. The Morgan fingerprint density at radius 2 is 0.447 bits per heavy atom. The topological polar surface area (TPSA) is 6.48 Å². The van der Waals surface area contributed by atoms with Crippen LogP contribution in [0.25, 0.3) is 77.9 Å². The molecule has 0 atom stereocenters. The zero-order valence-corrected chi connectivity index (χ0v) is 55.5. The van der Waals surface area contributed by atoms with Gasteiger partial charge in [-0.1, -0.05) is 272 Å². The highest BCUT2D eigenvalue weighted by atomic mass is 15.1. The molecule has 2 aliphatic rings. The van der Waals surface area contributed by atoms with Crippen LogP contribution in [0.3, 0.4) is 0 Å². The Bertz CT molecular complexity index is 4320. The van der Waals surface area contributed by atoms with Crippen LogP contribution in [-0.4, -0.2) is 0 Å². The molecule has 2 saturated carbocycles. The summed E-state index contributed by atoms with van der Waals surface area (Å²) in [6, 6.07) is 106. The molecule has 0 unspecified atom stereocenters. The third kappa shape index (κ3) is 13.0. The van der Waals surface area contributed by atoms with E-state index in [9.17, 15) is 0 Å². The first-order valence-electron chi connectivity index (χ1n) is 35.3. The molecule has 466 valence electrons. The zero-order valence-electron chi connectivity index (χ0n) is 55.5. The second-order valence-electron chi connectivity index (χ2n) is 26.3. The highest BCUT2D eigenvalue weighted by Gasteiger charge is 2.27. The van der Waals surface area contributed by atoms with E-state index < -0.39 is 0 Å². The zero-order chi connectivity index (χ0) is 63.7. The summed E-state index contributed by atoms with van der Waals surface area (Å²) in [5, 5.41) is 0. The van der Waals surface area contributed by atoms with Crippen molar-refractivity contribution in [2.75, 3.05) is 9.80 Å². The van der Waals surface area contributed by atoms with Gasteiger partial charge in [-0.3, -0.25) is 0 Å². The van der Waals surface area contributed by atoms with E-state index in [4.69, 9.17) is 0 Å². The normalized spacial score (nSPS) is 13.6. The Morgan fingerprint density at radius 3 is 0.713 bits per heavy atom. The lowest BCUT2D eigenvalue weighted by Gasteiger charge is -2.32. The number of hydrogen-bond donors (Lipinski definition) is 0. The highest BCUT2D eigenvalue weighted by molar-refractivity contribution is 5.87. The lowest BCUT2D eigenvalue weighted by atomic mass is 9.80. The van der Waals surface area contributed by atoms with Crippen LogP contribution in [0.2, 0.25) is 0 Å². The maximum atomic E-state index is 2.59. The van der Waals surface area contributed by atoms with Gasteiger partial charge in [0.15, 0.2) is 0 Å². The average Bonchev–Trinajstić information content (AvgIpc) is 0.813. The Balaban J connectivity index is 0.778. The Kier molecular flexibility index (Phi) is 18.8. The van der Waals surface area contributed by atoms with Crippen LogP contribution in [0, 0.1) is 0 Å². The molecule has 0 saturated heterocycles. The van der Waals surface area contributed by atoms with Gasteiger partial charge in [-0.05, 0) is 247 Å². The molecule has 2 fully saturated rings. The summed E-state index contributed by atoms with van der Waals surface area (Å²) in [6.07, 6.45) is 16.5. The van der Waals surface area contributed by atoms with E-state index >= 15 is 0 Å². The van der Waals surface area contributed by atoms with Crippen LogP contribution in [0.4, 0.5) is 34.1 Å². The molecule has 0 bridgehead atoms. The Hall–Kier alpha value is -9.76. The van der Waals surface area contributed by atoms with Crippen molar-refractivity contribution < 1.29 is 0 Å². The third-order valence-electron chi connectivity index (χ3n) is 20.7. The summed E-state index contributed by atoms with van der Waals surface area (Å²) >= 11 is 0. The van der Waals surface area contributed by atoms with Crippen molar-refractivity contribution in [3.63, 3.8) is 0 Å². The van der Waals surface area contributed by atoms with Crippen molar-refractivity contribution in [2.45, 2.75) is 129 Å². The van der Waals surface area contributed by atoms with Gasteiger partial charge in [-0.2, -0.15) is 0 Å². The van der Waals surface area contributed by atoms with Gasteiger partial charge in [0.05, 0.1) is 0 Å².